The van der Waals surface area contributed by atoms with E-state index in [9.17, 15) is 4.79 Å². The van der Waals surface area contributed by atoms with Crippen LogP contribution in [-0.2, 0) is 6.42 Å². The fraction of sp³-hybridized carbons (Fsp3) is 0.333. The summed E-state index contributed by atoms with van der Waals surface area (Å²) in [7, 11) is 1.53. The number of carbonyl (C=O) groups excluding carboxylic acids is 1. The van der Waals surface area contributed by atoms with Crippen LogP contribution in [0.15, 0.2) is 42.5 Å². The number of hydrogen-bond acceptors (Lipinski definition) is 4. The standard InChI is InChI=1S/C21H22ClN3O2/c1-27-20-7-4-17(15-23)14-19(20)21(26)25-12-10-24(11-13-25)9-8-16-2-5-18(22)6-3-16/h2-7,14H,8-13H2,1H3. The number of amides is 1. The molecule has 0 saturated carbocycles. The van der Waals surface area contributed by atoms with E-state index in [0.717, 1.165) is 31.1 Å². The molecule has 6 heteroatoms. The number of nitrogens with zero attached hydrogens (tertiary/aromatic N) is 3. The first-order valence-corrected chi connectivity index (χ1v) is 9.32. The zero-order valence-corrected chi connectivity index (χ0v) is 16.1. The van der Waals surface area contributed by atoms with Gasteiger partial charge in [0, 0.05) is 37.7 Å². The predicted molar refractivity (Wildman–Crippen MR) is 105 cm³/mol. The Kier molecular flexibility index (Phi) is 6.33. The Bertz CT molecular complexity index is 837. The Balaban J connectivity index is 1.56. The summed E-state index contributed by atoms with van der Waals surface area (Å²) in [5.41, 5.74) is 2.17. The molecular formula is C21H22ClN3O2. The number of benzene rings is 2. The van der Waals surface area contributed by atoms with Crippen LogP contribution in [0.1, 0.15) is 21.5 Å². The second-order valence-corrected chi connectivity index (χ2v) is 6.97. The predicted octanol–water partition coefficient (Wildman–Crippen LogP) is 3.22. The number of hydrogen-bond donors (Lipinski definition) is 0. The van der Waals surface area contributed by atoms with Crippen molar-refractivity contribution in [2.75, 3.05) is 39.8 Å². The molecule has 0 spiro atoms. The van der Waals surface area contributed by atoms with Crippen molar-refractivity contribution in [1.29, 1.82) is 5.26 Å². The first kappa shape index (κ1) is 19.2. The average Bonchev–Trinajstić information content (AvgIpc) is 2.72. The molecule has 1 amide bonds. The van der Waals surface area contributed by atoms with Crippen molar-refractivity contribution in [2.24, 2.45) is 0 Å². The van der Waals surface area contributed by atoms with Crippen molar-refractivity contribution in [2.45, 2.75) is 6.42 Å². The van der Waals surface area contributed by atoms with Gasteiger partial charge in [-0.1, -0.05) is 23.7 Å². The summed E-state index contributed by atoms with van der Waals surface area (Å²) in [5.74, 6) is 0.422. The number of piperazine rings is 1. The SMILES string of the molecule is COc1ccc(C#N)cc1C(=O)N1CCN(CCc2ccc(Cl)cc2)CC1. The lowest BCUT2D eigenvalue weighted by Gasteiger charge is -2.35. The lowest BCUT2D eigenvalue weighted by Crippen LogP contribution is -2.49. The number of ether oxygens (including phenoxy) is 1. The number of rotatable bonds is 5. The Hall–Kier alpha value is -2.55. The van der Waals surface area contributed by atoms with E-state index in [0.29, 0.717) is 30.0 Å². The van der Waals surface area contributed by atoms with Crippen LogP contribution in [0, 0.1) is 11.3 Å². The van der Waals surface area contributed by atoms with Crippen LogP contribution in [0.4, 0.5) is 0 Å². The topological polar surface area (TPSA) is 56.6 Å². The maximum Gasteiger partial charge on any atom is 0.257 e. The summed E-state index contributed by atoms with van der Waals surface area (Å²) >= 11 is 5.92. The summed E-state index contributed by atoms with van der Waals surface area (Å²) in [6.45, 7) is 3.95. The van der Waals surface area contributed by atoms with E-state index < -0.39 is 0 Å². The lowest BCUT2D eigenvalue weighted by molar-refractivity contribution is 0.0635. The van der Waals surface area contributed by atoms with Crippen molar-refractivity contribution in [3.63, 3.8) is 0 Å². The molecule has 3 rings (SSSR count). The minimum atomic E-state index is -0.0821. The maximum atomic E-state index is 12.9. The van der Waals surface area contributed by atoms with E-state index in [2.05, 4.69) is 23.1 Å². The molecule has 1 heterocycles. The molecular weight excluding hydrogens is 362 g/mol. The fourth-order valence-electron chi connectivity index (χ4n) is 3.23. The molecule has 5 nitrogen and oxygen atoms in total. The second-order valence-electron chi connectivity index (χ2n) is 6.54. The molecule has 2 aromatic carbocycles. The van der Waals surface area contributed by atoms with E-state index in [1.807, 2.05) is 17.0 Å². The fourth-order valence-corrected chi connectivity index (χ4v) is 3.35. The first-order valence-electron chi connectivity index (χ1n) is 8.95. The highest BCUT2D eigenvalue weighted by Crippen LogP contribution is 2.22. The molecule has 0 radical (unpaired) electrons. The maximum absolute atomic E-state index is 12.9. The van der Waals surface area contributed by atoms with E-state index >= 15 is 0 Å². The lowest BCUT2D eigenvalue weighted by atomic mass is 10.1. The van der Waals surface area contributed by atoms with E-state index in [-0.39, 0.29) is 5.91 Å². The second kappa shape index (κ2) is 8.90. The van der Waals surface area contributed by atoms with E-state index in [1.54, 1.807) is 18.2 Å². The van der Waals surface area contributed by atoms with Crippen LogP contribution < -0.4 is 4.74 Å². The summed E-state index contributed by atoms with van der Waals surface area (Å²) in [6.07, 6.45) is 0.961. The van der Waals surface area contributed by atoms with Gasteiger partial charge in [-0.25, -0.2) is 0 Å². The van der Waals surface area contributed by atoms with Gasteiger partial charge < -0.3 is 9.64 Å². The Morgan fingerprint density at radius 1 is 1.15 bits per heavy atom. The van der Waals surface area contributed by atoms with Crippen LogP contribution in [0.2, 0.25) is 5.02 Å². The zero-order valence-electron chi connectivity index (χ0n) is 15.3. The molecule has 2 aromatic rings. The number of methoxy groups -OCH3 is 1. The molecule has 140 valence electrons. The largest absolute Gasteiger partial charge is 0.496 e. The zero-order chi connectivity index (χ0) is 19.2. The first-order chi connectivity index (χ1) is 13.1. The summed E-state index contributed by atoms with van der Waals surface area (Å²) in [5, 5.41) is 9.84. The van der Waals surface area contributed by atoms with Crippen molar-refractivity contribution < 1.29 is 9.53 Å². The Labute approximate surface area is 164 Å². The van der Waals surface area contributed by atoms with Crippen LogP contribution in [0.25, 0.3) is 0 Å². The smallest absolute Gasteiger partial charge is 0.257 e. The third kappa shape index (κ3) is 4.79. The monoisotopic (exact) mass is 383 g/mol. The van der Waals surface area contributed by atoms with Gasteiger partial charge in [-0.3, -0.25) is 9.69 Å². The minimum absolute atomic E-state index is 0.0821. The molecule has 0 aliphatic carbocycles. The highest BCUT2D eigenvalue weighted by molar-refractivity contribution is 6.30. The highest BCUT2D eigenvalue weighted by Gasteiger charge is 2.24. The molecule has 1 saturated heterocycles. The highest BCUT2D eigenvalue weighted by atomic mass is 35.5. The number of nitriles is 1. The minimum Gasteiger partial charge on any atom is -0.496 e. The van der Waals surface area contributed by atoms with Crippen LogP contribution in [-0.4, -0.2) is 55.5 Å². The van der Waals surface area contributed by atoms with Gasteiger partial charge in [0.1, 0.15) is 5.75 Å². The summed E-state index contributed by atoms with van der Waals surface area (Å²) < 4.78 is 5.30. The van der Waals surface area contributed by atoms with Gasteiger partial charge in [0.2, 0.25) is 0 Å². The Morgan fingerprint density at radius 2 is 1.85 bits per heavy atom. The molecule has 0 unspecified atom stereocenters. The molecule has 1 aliphatic heterocycles. The molecule has 0 bridgehead atoms. The molecule has 0 atom stereocenters. The molecule has 1 aliphatic rings. The Morgan fingerprint density at radius 3 is 2.48 bits per heavy atom. The van der Waals surface area contributed by atoms with Gasteiger partial charge in [-0.05, 0) is 42.3 Å². The summed E-state index contributed by atoms with van der Waals surface area (Å²) in [4.78, 5) is 17.1. The molecule has 1 fully saturated rings. The number of halogens is 1. The van der Waals surface area contributed by atoms with Gasteiger partial charge in [-0.15, -0.1) is 0 Å². The third-order valence-corrected chi connectivity index (χ3v) is 5.10. The van der Waals surface area contributed by atoms with Crippen molar-refractivity contribution >= 4 is 17.5 Å². The van der Waals surface area contributed by atoms with E-state index in [1.165, 1.54) is 12.7 Å². The van der Waals surface area contributed by atoms with Crippen molar-refractivity contribution in [3.05, 3.63) is 64.2 Å². The molecule has 0 aromatic heterocycles. The average molecular weight is 384 g/mol. The molecule has 27 heavy (non-hydrogen) atoms. The third-order valence-electron chi connectivity index (χ3n) is 4.85. The van der Waals surface area contributed by atoms with Gasteiger partial charge in [0.05, 0.1) is 24.3 Å². The van der Waals surface area contributed by atoms with Gasteiger partial charge in [-0.2, -0.15) is 5.26 Å². The van der Waals surface area contributed by atoms with E-state index in [4.69, 9.17) is 21.6 Å². The van der Waals surface area contributed by atoms with Crippen LogP contribution in [0.3, 0.4) is 0 Å². The molecule has 0 N–H and O–H groups in total. The van der Waals surface area contributed by atoms with Gasteiger partial charge in [0.25, 0.3) is 5.91 Å². The van der Waals surface area contributed by atoms with Gasteiger partial charge >= 0.3 is 0 Å². The summed E-state index contributed by atoms with van der Waals surface area (Å²) in [6, 6.07) is 14.9. The number of carbonyl (C=O) groups is 1. The van der Waals surface area contributed by atoms with Crippen molar-refractivity contribution in [1.82, 2.24) is 9.80 Å². The van der Waals surface area contributed by atoms with Crippen LogP contribution >= 0.6 is 11.6 Å². The van der Waals surface area contributed by atoms with Crippen molar-refractivity contribution in [3.8, 4) is 11.8 Å². The van der Waals surface area contributed by atoms with Gasteiger partial charge in [0.15, 0.2) is 0 Å². The van der Waals surface area contributed by atoms with Crippen LogP contribution in [0.5, 0.6) is 5.75 Å². The quantitative estimate of drug-likeness (QED) is 0.795. The normalized spacial score (nSPS) is 14.6.